The van der Waals surface area contributed by atoms with Crippen molar-refractivity contribution >= 4 is 17.5 Å². The Morgan fingerprint density at radius 1 is 1.03 bits per heavy atom. The number of aromatic nitrogens is 3. The Kier molecular flexibility index (Phi) is 6.50. The van der Waals surface area contributed by atoms with E-state index in [2.05, 4.69) is 39.1 Å². The fraction of sp³-hybridized carbons (Fsp3) is 0.417. The number of nitrogens with one attached hydrogen (secondary N) is 1. The lowest BCUT2D eigenvalue weighted by atomic mass is 10.0. The third kappa shape index (κ3) is 4.96. The van der Waals surface area contributed by atoms with Crippen molar-refractivity contribution in [1.29, 1.82) is 0 Å². The third-order valence-corrected chi connectivity index (χ3v) is 5.62. The molecule has 1 saturated heterocycles. The van der Waals surface area contributed by atoms with Crippen LogP contribution in [0, 0.1) is 13.8 Å². The number of carbonyl (C=O) groups excluding carboxylic acids is 1. The van der Waals surface area contributed by atoms with E-state index in [0.717, 1.165) is 49.1 Å². The summed E-state index contributed by atoms with van der Waals surface area (Å²) in [6, 6.07) is 13.2. The standard InChI is InChI=1S/C24H30N6O2/c1-16(2)23-25-17(3)14-21(27-23)29-10-12-30(13-11-29)22(19-8-6-5-7-9-19)24(31)26-20-15-18(4)32-28-20/h5-9,14-16,22H,10-13H2,1-4H3,(H,26,28,31). The molecule has 1 unspecified atom stereocenters. The molecule has 0 radical (unpaired) electrons. The highest BCUT2D eigenvalue weighted by Gasteiger charge is 2.31. The first-order chi connectivity index (χ1) is 15.4. The average molecular weight is 435 g/mol. The molecule has 8 nitrogen and oxygen atoms in total. The van der Waals surface area contributed by atoms with Crippen LogP contribution in [0.1, 0.15) is 48.6 Å². The van der Waals surface area contributed by atoms with Crippen molar-refractivity contribution in [2.24, 2.45) is 0 Å². The van der Waals surface area contributed by atoms with Crippen molar-refractivity contribution in [2.45, 2.75) is 39.7 Å². The summed E-state index contributed by atoms with van der Waals surface area (Å²) in [5.74, 6) is 3.08. The molecule has 0 aliphatic carbocycles. The van der Waals surface area contributed by atoms with E-state index in [-0.39, 0.29) is 11.8 Å². The summed E-state index contributed by atoms with van der Waals surface area (Å²) >= 11 is 0. The lowest BCUT2D eigenvalue weighted by Crippen LogP contribution is -2.50. The highest BCUT2D eigenvalue weighted by molar-refractivity contribution is 5.94. The van der Waals surface area contributed by atoms with Crippen molar-refractivity contribution in [3.63, 3.8) is 0 Å². The van der Waals surface area contributed by atoms with E-state index in [1.807, 2.05) is 43.3 Å². The van der Waals surface area contributed by atoms with Gasteiger partial charge in [0.25, 0.3) is 0 Å². The van der Waals surface area contributed by atoms with E-state index in [0.29, 0.717) is 11.6 Å². The molecule has 2 aromatic heterocycles. The van der Waals surface area contributed by atoms with Gasteiger partial charge in [0.05, 0.1) is 0 Å². The number of hydrogen-bond donors (Lipinski definition) is 1. The molecule has 1 fully saturated rings. The monoisotopic (exact) mass is 434 g/mol. The molecule has 1 atom stereocenters. The molecule has 8 heteroatoms. The number of carbonyl (C=O) groups is 1. The predicted octanol–water partition coefficient (Wildman–Crippen LogP) is 3.71. The van der Waals surface area contributed by atoms with Crippen LogP contribution in [-0.4, -0.2) is 52.1 Å². The van der Waals surface area contributed by atoms with Crippen LogP contribution in [0.2, 0.25) is 0 Å². The SMILES string of the molecule is Cc1cc(N2CCN(C(C(=O)Nc3cc(C)on3)c3ccccc3)CC2)nc(C(C)C)n1. The lowest BCUT2D eigenvalue weighted by Gasteiger charge is -2.39. The highest BCUT2D eigenvalue weighted by Crippen LogP contribution is 2.26. The van der Waals surface area contributed by atoms with Gasteiger partial charge >= 0.3 is 0 Å². The van der Waals surface area contributed by atoms with Crippen LogP contribution < -0.4 is 10.2 Å². The fourth-order valence-electron chi connectivity index (χ4n) is 3.99. The van der Waals surface area contributed by atoms with Crippen LogP contribution in [-0.2, 0) is 4.79 Å². The normalized spacial score (nSPS) is 15.7. The summed E-state index contributed by atoms with van der Waals surface area (Å²) in [7, 11) is 0. The summed E-state index contributed by atoms with van der Waals surface area (Å²) in [6.45, 7) is 11.1. The van der Waals surface area contributed by atoms with Gasteiger partial charge in [0.2, 0.25) is 5.91 Å². The molecule has 1 N–H and O–H groups in total. The molecule has 1 aliphatic heterocycles. The molecule has 32 heavy (non-hydrogen) atoms. The van der Waals surface area contributed by atoms with Crippen LogP contribution in [0.15, 0.2) is 47.0 Å². The smallest absolute Gasteiger partial charge is 0.247 e. The van der Waals surface area contributed by atoms with Gasteiger partial charge in [0.15, 0.2) is 5.82 Å². The maximum atomic E-state index is 13.3. The third-order valence-electron chi connectivity index (χ3n) is 5.62. The molecule has 168 valence electrons. The van der Waals surface area contributed by atoms with E-state index < -0.39 is 6.04 Å². The van der Waals surface area contributed by atoms with Crippen molar-refractivity contribution in [3.8, 4) is 0 Å². The van der Waals surface area contributed by atoms with Gasteiger partial charge in [0.1, 0.15) is 23.4 Å². The molecule has 3 aromatic rings. The van der Waals surface area contributed by atoms with E-state index >= 15 is 0 Å². The van der Waals surface area contributed by atoms with Crippen molar-refractivity contribution in [1.82, 2.24) is 20.0 Å². The Labute approximate surface area is 188 Å². The second-order valence-electron chi connectivity index (χ2n) is 8.53. The van der Waals surface area contributed by atoms with Crippen LogP contribution in [0.5, 0.6) is 0 Å². The number of aryl methyl sites for hydroxylation is 2. The summed E-state index contributed by atoms with van der Waals surface area (Å²) < 4.78 is 5.10. The van der Waals surface area contributed by atoms with Gasteiger partial charge in [0, 0.05) is 49.9 Å². The molecule has 4 rings (SSSR count). The second-order valence-corrected chi connectivity index (χ2v) is 8.53. The first-order valence-electron chi connectivity index (χ1n) is 11.0. The predicted molar refractivity (Wildman–Crippen MR) is 124 cm³/mol. The van der Waals surface area contributed by atoms with Crippen LogP contribution in [0.3, 0.4) is 0 Å². The Morgan fingerprint density at radius 3 is 2.38 bits per heavy atom. The minimum Gasteiger partial charge on any atom is -0.360 e. The van der Waals surface area contributed by atoms with Gasteiger partial charge in [-0.15, -0.1) is 0 Å². The maximum absolute atomic E-state index is 13.3. The summed E-state index contributed by atoms with van der Waals surface area (Å²) in [5.41, 5.74) is 1.93. The zero-order chi connectivity index (χ0) is 22.7. The van der Waals surface area contributed by atoms with E-state index in [9.17, 15) is 4.79 Å². The topological polar surface area (TPSA) is 87.4 Å². The van der Waals surface area contributed by atoms with Crippen LogP contribution in [0.25, 0.3) is 0 Å². The van der Waals surface area contributed by atoms with Crippen LogP contribution in [0.4, 0.5) is 11.6 Å². The van der Waals surface area contributed by atoms with E-state index in [1.54, 1.807) is 13.0 Å². The van der Waals surface area contributed by atoms with E-state index in [4.69, 9.17) is 9.51 Å². The Bertz CT molecular complexity index is 1060. The zero-order valence-corrected chi connectivity index (χ0v) is 19.1. The fourth-order valence-corrected chi connectivity index (χ4v) is 3.99. The molecule has 0 saturated carbocycles. The van der Waals surface area contributed by atoms with Crippen molar-refractivity contribution in [3.05, 3.63) is 65.3 Å². The molecular formula is C24H30N6O2. The number of anilines is 2. The number of amides is 1. The first-order valence-corrected chi connectivity index (χ1v) is 11.0. The quantitative estimate of drug-likeness (QED) is 0.633. The second kappa shape index (κ2) is 9.48. The van der Waals surface area contributed by atoms with Gasteiger partial charge in [-0.2, -0.15) is 0 Å². The Balaban J connectivity index is 1.51. The summed E-state index contributed by atoms with van der Waals surface area (Å²) in [5, 5.41) is 6.82. The molecule has 0 spiro atoms. The van der Waals surface area contributed by atoms with E-state index in [1.165, 1.54) is 0 Å². The molecule has 0 bridgehead atoms. The highest BCUT2D eigenvalue weighted by atomic mass is 16.5. The maximum Gasteiger partial charge on any atom is 0.247 e. The molecule has 1 aromatic carbocycles. The average Bonchev–Trinajstić information content (AvgIpc) is 3.19. The first kappa shape index (κ1) is 22.0. The molecule has 1 amide bonds. The minimum atomic E-state index is -0.409. The minimum absolute atomic E-state index is 0.113. The van der Waals surface area contributed by atoms with Gasteiger partial charge in [-0.05, 0) is 19.4 Å². The van der Waals surface area contributed by atoms with Gasteiger partial charge in [-0.1, -0.05) is 49.3 Å². The molecular weight excluding hydrogens is 404 g/mol. The number of rotatable bonds is 6. The number of piperazine rings is 1. The molecule has 3 heterocycles. The largest absolute Gasteiger partial charge is 0.360 e. The van der Waals surface area contributed by atoms with Crippen molar-refractivity contribution in [2.75, 3.05) is 36.4 Å². The van der Waals surface area contributed by atoms with Gasteiger partial charge in [-0.3, -0.25) is 9.69 Å². The van der Waals surface area contributed by atoms with Gasteiger partial charge < -0.3 is 14.7 Å². The van der Waals surface area contributed by atoms with Crippen LogP contribution >= 0.6 is 0 Å². The summed E-state index contributed by atoms with van der Waals surface area (Å²) in [6.07, 6.45) is 0. The van der Waals surface area contributed by atoms with Gasteiger partial charge in [-0.25, -0.2) is 9.97 Å². The van der Waals surface area contributed by atoms with Crippen molar-refractivity contribution < 1.29 is 9.32 Å². The number of nitrogens with zero attached hydrogens (tertiary/aromatic N) is 5. The lowest BCUT2D eigenvalue weighted by molar-refractivity contribution is -0.121. The zero-order valence-electron chi connectivity index (χ0n) is 19.1. The Hall–Kier alpha value is -3.26. The Morgan fingerprint density at radius 2 is 1.75 bits per heavy atom. The summed E-state index contributed by atoms with van der Waals surface area (Å²) in [4.78, 5) is 27.1. The number of benzene rings is 1. The number of hydrogen-bond acceptors (Lipinski definition) is 7. The molecule has 1 aliphatic rings.